The number of carbonyl (C=O) groups is 4. The Bertz CT molecular complexity index is 1000. The second-order valence-corrected chi connectivity index (χ2v) is 10.1. The molecule has 0 radical (unpaired) electrons. The van der Waals surface area contributed by atoms with E-state index in [4.69, 9.17) is 18.9 Å². The second kappa shape index (κ2) is 9.99. The van der Waals surface area contributed by atoms with Crippen molar-refractivity contribution in [2.75, 3.05) is 0 Å². The third-order valence-electron chi connectivity index (χ3n) is 7.77. The zero-order chi connectivity index (χ0) is 26.2. The zero-order valence-corrected chi connectivity index (χ0v) is 21.7. The molecule has 3 aliphatic rings. The lowest BCUT2D eigenvalue weighted by Crippen LogP contribution is -2.49. The van der Waals surface area contributed by atoms with Crippen molar-refractivity contribution in [3.05, 3.63) is 34.9 Å². The molecule has 0 bridgehead atoms. The first-order valence-corrected chi connectivity index (χ1v) is 12.1. The van der Waals surface area contributed by atoms with Gasteiger partial charge in [0.15, 0.2) is 0 Å². The van der Waals surface area contributed by atoms with Gasteiger partial charge in [0.25, 0.3) is 0 Å². The summed E-state index contributed by atoms with van der Waals surface area (Å²) in [6.45, 7) is 13.6. The number of hydrogen-bond acceptors (Lipinski definition) is 8. The highest BCUT2D eigenvalue weighted by Crippen LogP contribution is 2.55. The van der Waals surface area contributed by atoms with Crippen LogP contribution in [0.1, 0.15) is 61.8 Å². The average Bonchev–Trinajstić information content (AvgIpc) is 3.23. The van der Waals surface area contributed by atoms with Crippen LogP contribution >= 0.6 is 0 Å². The molecule has 2 fully saturated rings. The van der Waals surface area contributed by atoms with Crippen molar-refractivity contribution in [1.29, 1.82) is 0 Å². The Kier molecular flexibility index (Phi) is 7.62. The van der Waals surface area contributed by atoms with Crippen molar-refractivity contribution in [2.45, 2.75) is 85.7 Å². The Morgan fingerprint density at radius 2 is 1.66 bits per heavy atom. The molecule has 0 N–H and O–H groups in total. The van der Waals surface area contributed by atoms with Crippen molar-refractivity contribution in [3.63, 3.8) is 0 Å². The van der Waals surface area contributed by atoms with Gasteiger partial charge in [-0.15, -0.1) is 0 Å². The van der Waals surface area contributed by atoms with Gasteiger partial charge in [-0.2, -0.15) is 0 Å². The van der Waals surface area contributed by atoms with Crippen molar-refractivity contribution in [3.8, 4) is 0 Å². The lowest BCUT2D eigenvalue weighted by Gasteiger charge is -2.41. The van der Waals surface area contributed by atoms with Crippen molar-refractivity contribution in [1.82, 2.24) is 0 Å². The first-order chi connectivity index (χ1) is 16.3. The maximum Gasteiger partial charge on any atom is 0.333 e. The summed E-state index contributed by atoms with van der Waals surface area (Å²) in [5.74, 6) is -3.72. The van der Waals surface area contributed by atoms with E-state index in [1.165, 1.54) is 6.92 Å². The fourth-order valence-electron chi connectivity index (χ4n) is 5.73. The van der Waals surface area contributed by atoms with Crippen LogP contribution in [0.15, 0.2) is 34.9 Å². The summed E-state index contributed by atoms with van der Waals surface area (Å²) in [5.41, 5.74) is 0.563. The van der Waals surface area contributed by atoms with Gasteiger partial charge in [-0.1, -0.05) is 24.6 Å². The van der Waals surface area contributed by atoms with Crippen molar-refractivity contribution >= 4 is 23.9 Å². The summed E-state index contributed by atoms with van der Waals surface area (Å²) in [5, 5.41) is 0. The number of hydrogen-bond donors (Lipinski definition) is 0. The molecule has 2 aliphatic carbocycles. The molecule has 8 nitrogen and oxygen atoms in total. The number of rotatable bonds is 5. The van der Waals surface area contributed by atoms with Gasteiger partial charge < -0.3 is 18.9 Å². The van der Waals surface area contributed by atoms with Gasteiger partial charge in [0.1, 0.15) is 23.9 Å². The van der Waals surface area contributed by atoms with Crippen LogP contribution in [-0.2, 0) is 38.1 Å². The third-order valence-corrected chi connectivity index (χ3v) is 7.77. The van der Waals surface area contributed by atoms with E-state index >= 15 is 0 Å². The lowest BCUT2D eigenvalue weighted by molar-refractivity contribution is -0.177. The second-order valence-electron chi connectivity index (χ2n) is 10.1. The van der Waals surface area contributed by atoms with Gasteiger partial charge >= 0.3 is 23.9 Å². The predicted octanol–water partition coefficient (Wildman–Crippen LogP) is 3.84. The molecule has 3 rings (SSSR count). The van der Waals surface area contributed by atoms with E-state index in [0.717, 1.165) is 5.57 Å². The maximum absolute atomic E-state index is 13.0. The van der Waals surface area contributed by atoms with Crippen LogP contribution in [-0.4, -0.2) is 47.8 Å². The van der Waals surface area contributed by atoms with E-state index in [1.54, 1.807) is 53.7 Å². The molecule has 1 heterocycles. The molecule has 8 atom stereocenters. The standard InChI is InChI=1S/C27H36O8/c1-9-13(3)24(29)33-18-11-15(5)20-22(18)27(8,35-25(30)14(4)10-2)12-19(32-17(7)28)21-16(6)26(31)34-23(20)21/h9-11,16,18-23H,12H2,1-8H3/t16-,18-,19+,20-,21-,22+,23+,27+/m1/s1. The quantitative estimate of drug-likeness (QED) is 0.249. The minimum Gasteiger partial charge on any atom is -0.462 e. The first-order valence-electron chi connectivity index (χ1n) is 12.1. The normalized spacial score (nSPS) is 36.9. The molecule has 0 aromatic carbocycles. The average molecular weight is 489 g/mol. The van der Waals surface area contributed by atoms with Crippen molar-refractivity contribution < 1.29 is 38.1 Å². The summed E-state index contributed by atoms with van der Waals surface area (Å²) >= 11 is 0. The van der Waals surface area contributed by atoms with Crippen LogP contribution in [0.2, 0.25) is 0 Å². The Morgan fingerprint density at radius 3 is 2.23 bits per heavy atom. The maximum atomic E-state index is 13.0. The highest BCUT2D eigenvalue weighted by atomic mass is 16.6. The van der Waals surface area contributed by atoms with Crippen LogP contribution in [0.25, 0.3) is 0 Å². The number of carbonyl (C=O) groups excluding carboxylic acids is 4. The molecule has 35 heavy (non-hydrogen) atoms. The van der Waals surface area contributed by atoms with Gasteiger partial charge in [0.05, 0.1) is 5.92 Å². The lowest BCUT2D eigenvalue weighted by atomic mass is 9.75. The van der Waals surface area contributed by atoms with Gasteiger partial charge in [-0.25, -0.2) is 9.59 Å². The smallest absolute Gasteiger partial charge is 0.333 e. The third kappa shape index (κ3) is 4.93. The number of fused-ring (bicyclic) bond motifs is 3. The topological polar surface area (TPSA) is 105 Å². The molecule has 0 spiro atoms. The van der Waals surface area contributed by atoms with E-state index in [1.807, 2.05) is 13.0 Å². The molecule has 192 valence electrons. The summed E-state index contributed by atoms with van der Waals surface area (Å²) in [7, 11) is 0. The van der Waals surface area contributed by atoms with Crippen LogP contribution in [0.5, 0.6) is 0 Å². The fraction of sp³-hybridized carbons (Fsp3) is 0.630. The Labute approximate surface area is 206 Å². The fourth-order valence-corrected chi connectivity index (χ4v) is 5.73. The number of ether oxygens (including phenoxy) is 4. The molecule has 1 saturated heterocycles. The molecule has 8 heteroatoms. The van der Waals surface area contributed by atoms with Gasteiger partial charge in [-0.3, -0.25) is 9.59 Å². The molecule has 0 amide bonds. The van der Waals surface area contributed by atoms with Crippen LogP contribution < -0.4 is 0 Å². The van der Waals surface area contributed by atoms with Gasteiger partial charge in [0.2, 0.25) is 0 Å². The van der Waals surface area contributed by atoms with E-state index in [0.29, 0.717) is 11.1 Å². The monoisotopic (exact) mass is 488 g/mol. The summed E-state index contributed by atoms with van der Waals surface area (Å²) in [4.78, 5) is 50.5. The van der Waals surface area contributed by atoms with E-state index in [-0.39, 0.29) is 18.3 Å². The molecule has 1 saturated carbocycles. The summed E-state index contributed by atoms with van der Waals surface area (Å²) in [6.07, 6.45) is 3.25. The predicted molar refractivity (Wildman–Crippen MR) is 127 cm³/mol. The summed E-state index contributed by atoms with van der Waals surface area (Å²) < 4.78 is 23.6. The SMILES string of the molecule is CC=C(C)C(=O)O[C@@H]1C=C(C)[C@H]2[C@@H]3OC(=O)[C@H](C)[C@@H]3[C@@H](OC(C)=O)C[C@](C)(OC(=O)C(C)=CC)[C@H]21. The molecule has 0 aromatic heterocycles. The summed E-state index contributed by atoms with van der Waals surface area (Å²) in [6, 6.07) is 0. The van der Waals surface area contributed by atoms with E-state index in [2.05, 4.69) is 0 Å². The van der Waals surface area contributed by atoms with Crippen LogP contribution in [0.3, 0.4) is 0 Å². The van der Waals surface area contributed by atoms with Crippen LogP contribution in [0, 0.1) is 23.7 Å². The molecule has 0 aromatic rings. The van der Waals surface area contributed by atoms with Gasteiger partial charge in [-0.05, 0) is 47.6 Å². The highest BCUT2D eigenvalue weighted by Gasteiger charge is 2.64. The Hall–Kier alpha value is -2.90. The van der Waals surface area contributed by atoms with Crippen molar-refractivity contribution in [2.24, 2.45) is 23.7 Å². The molecular weight excluding hydrogens is 452 g/mol. The minimum absolute atomic E-state index is 0.135. The Balaban J connectivity index is 2.14. The Morgan fingerprint density at radius 1 is 1.06 bits per heavy atom. The minimum atomic E-state index is -1.19. The first kappa shape index (κ1) is 26.7. The number of esters is 4. The van der Waals surface area contributed by atoms with E-state index < -0.39 is 59.6 Å². The largest absolute Gasteiger partial charge is 0.462 e. The van der Waals surface area contributed by atoms with Gasteiger partial charge in [0, 0.05) is 42.2 Å². The zero-order valence-electron chi connectivity index (χ0n) is 21.7. The van der Waals surface area contributed by atoms with Crippen LogP contribution in [0.4, 0.5) is 0 Å². The highest BCUT2D eigenvalue weighted by molar-refractivity contribution is 5.88. The molecule has 0 unspecified atom stereocenters. The number of allylic oxidation sites excluding steroid dienone is 2. The molecule has 1 aliphatic heterocycles. The van der Waals surface area contributed by atoms with E-state index in [9.17, 15) is 19.2 Å². The molecular formula is C27H36O8.